The molecular weight excluding hydrogens is 388 g/mol. The Hall–Kier alpha value is -3.87. The van der Waals surface area contributed by atoms with Crippen LogP contribution in [0.1, 0.15) is 6.92 Å². The monoisotopic (exact) mass is 405 g/mol. The fraction of sp³-hybridized carbons (Fsp3) is 0.0870. The third kappa shape index (κ3) is 4.25. The number of hydrogen-bond acceptors (Lipinski definition) is 4. The van der Waals surface area contributed by atoms with E-state index < -0.39 is 23.6 Å². The number of carbonyl (C=O) groups excluding carboxylic acids is 1. The third-order valence-corrected chi connectivity index (χ3v) is 4.47. The summed E-state index contributed by atoms with van der Waals surface area (Å²) in [6, 6.07) is 17.9. The Morgan fingerprint density at radius 1 is 0.967 bits per heavy atom. The minimum atomic E-state index is -1.03. The third-order valence-electron chi connectivity index (χ3n) is 4.47. The minimum Gasteiger partial charge on any atom is -0.481 e. The fourth-order valence-electron chi connectivity index (χ4n) is 2.88. The van der Waals surface area contributed by atoms with E-state index >= 15 is 0 Å². The van der Waals surface area contributed by atoms with E-state index in [1.54, 1.807) is 25.3 Å². The number of para-hydroxylation sites is 2. The van der Waals surface area contributed by atoms with Gasteiger partial charge in [-0.05, 0) is 55.5 Å². The van der Waals surface area contributed by atoms with Crippen LogP contribution in [0.25, 0.3) is 22.3 Å². The Balaban J connectivity index is 1.43. The number of halogens is 2. The number of amides is 1. The maximum Gasteiger partial charge on any atom is 0.265 e. The molecule has 0 aliphatic rings. The van der Waals surface area contributed by atoms with Crippen molar-refractivity contribution in [1.29, 1.82) is 0 Å². The summed E-state index contributed by atoms with van der Waals surface area (Å²) < 4.78 is 31.9. The number of carbonyl (C=O) groups is 1. The zero-order chi connectivity index (χ0) is 21.1. The number of ether oxygens (including phenoxy) is 1. The highest BCUT2D eigenvalue weighted by molar-refractivity contribution is 5.94. The van der Waals surface area contributed by atoms with Gasteiger partial charge in [0.25, 0.3) is 5.91 Å². The van der Waals surface area contributed by atoms with Gasteiger partial charge in [-0.25, -0.2) is 13.8 Å². The van der Waals surface area contributed by atoms with Crippen LogP contribution in [0.2, 0.25) is 0 Å². The zero-order valence-corrected chi connectivity index (χ0v) is 16.0. The van der Waals surface area contributed by atoms with Crippen LogP contribution in [-0.2, 0) is 4.79 Å². The maximum atomic E-state index is 13.3. The molecule has 0 spiro atoms. The molecule has 0 fully saturated rings. The van der Waals surface area contributed by atoms with Crippen molar-refractivity contribution < 1.29 is 18.3 Å². The van der Waals surface area contributed by atoms with E-state index in [9.17, 15) is 13.6 Å². The topological polar surface area (TPSA) is 64.1 Å². The fourth-order valence-corrected chi connectivity index (χ4v) is 2.88. The summed E-state index contributed by atoms with van der Waals surface area (Å²) in [5, 5.41) is 2.50. The summed E-state index contributed by atoms with van der Waals surface area (Å²) in [4.78, 5) is 21.3. The van der Waals surface area contributed by atoms with Gasteiger partial charge < -0.3 is 10.1 Å². The molecule has 30 heavy (non-hydrogen) atoms. The van der Waals surface area contributed by atoms with E-state index in [-0.39, 0.29) is 5.69 Å². The van der Waals surface area contributed by atoms with Gasteiger partial charge in [-0.2, -0.15) is 0 Å². The Kier molecular flexibility index (Phi) is 5.34. The van der Waals surface area contributed by atoms with Gasteiger partial charge in [-0.15, -0.1) is 0 Å². The zero-order valence-electron chi connectivity index (χ0n) is 16.0. The Morgan fingerprint density at radius 3 is 2.43 bits per heavy atom. The van der Waals surface area contributed by atoms with Gasteiger partial charge >= 0.3 is 0 Å². The lowest BCUT2D eigenvalue weighted by Crippen LogP contribution is -2.30. The second-order valence-corrected chi connectivity index (χ2v) is 6.65. The number of benzene rings is 3. The lowest BCUT2D eigenvalue weighted by atomic mass is 10.1. The molecule has 1 atom stereocenters. The van der Waals surface area contributed by atoms with Gasteiger partial charge in [0.1, 0.15) is 5.75 Å². The molecule has 0 saturated heterocycles. The van der Waals surface area contributed by atoms with Crippen molar-refractivity contribution in [3.8, 4) is 17.0 Å². The lowest BCUT2D eigenvalue weighted by Gasteiger charge is -2.15. The number of nitrogens with one attached hydrogen (secondary N) is 1. The first-order valence-electron chi connectivity index (χ1n) is 9.24. The van der Waals surface area contributed by atoms with E-state index in [0.717, 1.165) is 34.4 Å². The highest BCUT2D eigenvalue weighted by Gasteiger charge is 2.16. The molecule has 0 bridgehead atoms. The maximum absolute atomic E-state index is 13.3. The summed E-state index contributed by atoms with van der Waals surface area (Å²) >= 11 is 0. The average molecular weight is 405 g/mol. The van der Waals surface area contributed by atoms with Crippen LogP contribution in [0.15, 0.2) is 72.9 Å². The normalized spacial score (nSPS) is 11.8. The van der Waals surface area contributed by atoms with Gasteiger partial charge in [0.05, 0.1) is 22.9 Å². The SMILES string of the molecule is C[C@H](Oc1ccc(-c2cnc3ccccc3n2)cc1)C(=O)Nc1ccc(F)c(F)c1. The van der Waals surface area contributed by atoms with Crippen LogP contribution in [0.4, 0.5) is 14.5 Å². The molecular formula is C23H17F2N3O2. The quantitative estimate of drug-likeness (QED) is 0.509. The molecule has 4 rings (SSSR count). The molecule has 3 aromatic carbocycles. The molecule has 1 N–H and O–H groups in total. The molecule has 150 valence electrons. The second kappa shape index (κ2) is 8.24. The number of aromatic nitrogens is 2. The Labute approximate surface area is 171 Å². The van der Waals surface area contributed by atoms with Crippen molar-refractivity contribution in [2.75, 3.05) is 5.32 Å². The Morgan fingerprint density at radius 2 is 1.70 bits per heavy atom. The van der Waals surface area contributed by atoms with Crippen LogP contribution < -0.4 is 10.1 Å². The van der Waals surface area contributed by atoms with Gasteiger partial charge in [-0.1, -0.05) is 12.1 Å². The number of anilines is 1. The molecule has 5 nitrogen and oxygen atoms in total. The summed E-state index contributed by atoms with van der Waals surface area (Å²) in [5.74, 6) is -2.01. The molecule has 0 saturated carbocycles. The molecule has 1 amide bonds. The van der Waals surface area contributed by atoms with Crippen molar-refractivity contribution in [2.45, 2.75) is 13.0 Å². The van der Waals surface area contributed by atoms with Crippen molar-refractivity contribution in [3.63, 3.8) is 0 Å². The summed E-state index contributed by atoms with van der Waals surface area (Å²) in [5.41, 5.74) is 3.36. The molecule has 1 heterocycles. The van der Waals surface area contributed by atoms with Crippen LogP contribution >= 0.6 is 0 Å². The van der Waals surface area contributed by atoms with Crippen molar-refractivity contribution in [2.24, 2.45) is 0 Å². The number of rotatable bonds is 5. The first kappa shape index (κ1) is 19.4. The van der Waals surface area contributed by atoms with Crippen LogP contribution in [0.5, 0.6) is 5.75 Å². The van der Waals surface area contributed by atoms with Crippen molar-refractivity contribution in [3.05, 3.63) is 84.6 Å². The minimum absolute atomic E-state index is 0.152. The van der Waals surface area contributed by atoms with Crippen LogP contribution in [0, 0.1) is 11.6 Å². The Bertz CT molecular complexity index is 1210. The first-order chi connectivity index (χ1) is 14.5. The predicted octanol–water partition coefficient (Wildman–Crippen LogP) is 4.98. The van der Waals surface area contributed by atoms with Crippen LogP contribution in [-0.4, -0.2) is 22.0 Å². The standard InChI is InChI=1S/C23H17F2N3O2/c1-14(23(29)27-16-8-11-18(24)19(25)12-16)30-17-9-6-15(7-10-17)22-13-26-20-4-2-3-5-21(20)28-22/h2-14H,1H3,(H,27,29)/t14-/m0/s1. The van der Waals surface area contributed by atoms with E-state index in [1.165, 1.54) is 6.07 Å². The smallest absolute Gasteiger partial charge is 0.265 e. The van der Waals surface area contributed by atoms with E-state index in [2.05, 4.69) is 15.3 Å². The first-order valence-corrected chi connectivity index (χ1v) is 9.24. The second-order valence-electron chi connectivity index (χ2n) is 6.65. The average Bonchev–Trinajstić information content (AvgIpc) is 2.76. The van der Waals surface area contributed by atoms with Gasteiger partial charge in [-0.3, -0.25) is 9.78 Å². The van der Waals surface area contributed by atoms with Gasteiger partial charge in [0.2, 0.25) is 0 Å². The van der Waals surface area contributed by atoms with E-state index in [4.69, 9.17) is 4.74 Å². The van der Waals surface area contributed by atoms with Crippen molar-refractivity contribution >= 4 is 22.6 Å². The summed E-state index contributed by atoms with van der Waals surface area (Å²) in [7, 11) is 0. The molecule has 7 heteroatoms. The van der Waals surface area contributed by atoms with E-state index in [1.807, 2.05) is 36.4 Å². The summed E-state index contributed by atoms with van der Waals surface area (Å²) in [6.07, 6.45) is 0.861. The lowest BCUT2D eigenvalue weighted by molar-refractivity contribution is -0.122. The summed E-state index contributed by atoms with van der Waals surface area (Å²) in [6.45, 7) is 1.57. The molecule has 0 unspecified atom stereocenters. The van der Waals surface area contributed by atoms with Gasteiger partial charge in [0.15, 0.2) is 17.7 Å². The van der Waals surface area contributed by atoms with Crippen molar-refractivity contribution in [1.82, 2.24) is 9.97 Å². The number of fused-ring (bicyclic) bond motifs is 1. The molecule has 0 aliphatic heterocycles. The van der Waals surface area contributed by atoms with E-state index in [0.29, 0.717) is 5.75 Å². The predicted molar refractivity (Wildman–Crippen MR) is 110 cm³/mol. The highest BCUT2D eigenvalue weighted by Crippen LogP contribution is 2.23. The van der Waals surface area contributed by atoms with Gasteiger partial charge in [0, 0.05) is 17.3 Å². The highest BCUT2D eigenvalue weighted by atomic mass is 19.2. The van der Waals surface area contributed by atoms with Crippen LogP contribution in [0.3, 0.4) is 0 Å². The molecule has 0 radical (unpaired) electrons. The molecule has 1 aromatic heterocycles. The largest absolute Gasteiger partial charge is 0.481 e. The molecule has 0 aliphatic carbocycles. The number of nitrogens with zero attached hydrogens (tertiary/aromatic N) is 2. The molecule has 4 aromatic rings. The number of hydrogen-bond donors (Lipinski definition) is 1.